The highest BCUT2D eigenvalue weighted by atomic mass is 79.9. The molecule has 1 N–H and O–H groups in total. The number of nitrogens with zero attached hydrogens (tertiary/aromatic N) is 1. The molecule has 0 saturated carbocycles. The van der Waals surface area contributed by atoms with Gasteiger partial charge in [-0.25, -0.2) is 0 Å². The first-order valence-corrected chi connectivity index (χ1v) is 8.28. The van der Waals surface area contributed by atoms with Crippen molar-refractivity contribution in [1.29, 1.82) is 0 Å². The molecule has 1 aromatic carbocycles. The van der Waals surface area contributed by atoms with Crippen LogP contribution in [0.3, 0.4) is 0 Å². The molecule has 0 aromatic heterocycles. The summed E-state index contributed by atoms with van der Waals surface area (Å²) in [7, 11) is 0. The maximum Gasteiger partial charge on any atom is 0.240 e. The lowest BCUT2D eigenvalue weighted by atomic mass is 10.2. The van der Waals surface area contributed by atoms with E-state index in [1.165, 1.54) is 0 Å². The van der Waals surface area contributed by atoms with Gasteiger partial charge in [-0.2, -0.15) is 0 Å². The first-order chi connectivity index (χ1) is 10.4. The number of anilines is 1. The van der Waals surface area contributed by atoms with Gasteiger partial charge in [-0.3, -0.25) is 9.69 Å². The van der Waals surface area contributed by atoms with E-state index in [1.807, 2.05) is 38.1 Å². The van der Waals surface area contributed by atoms with Gasteiger partial charge in [-0.1, -0.05) is 15.9 Å². The number of hydrogen-bond donors (Lipinski definition) is 1. The molecule has 0 bridgehead atoms. The summed E-state index contributed by atoms with van der Waals surface area (Å²) in [4.78, 5) is 14.2. The standard InChI is InChI=1S/C16H23BrN2O3/c1-16(2,17)15(20)18-13-3-5-14(6-4-13)22-12-9-19-7-10-21-11-8-19/h3-6H,7-12H2,1-2H3,(H,18,20). The summed E-state index contributed by atoms with van der Waals surface area (Å²) in [6, 6.07) is 7.44. The van der Waals surface area contributed by atoms with Crippen LogP contribution in [0, 0.1) is 0 Å². The summed E-state index contributed by atoms with van der Waals surface area (Å²) in [5.74, 6) is 0.734. The van der Waals surface area contributed by atoms with Crippen LogP contribution >= 0.6 is 15.9 Å². The molecule has 1 saturated heterocycles. The van der Waals surface area contributed by atoms with Crippen molar-refractivity contribution in [2.75, 3.05) is 44.8 Å². The van der Waals surface area contributed by atoms with Gasteiger partial charge in [-0.05, 0) is 38.1 Å². The zero-order valence-corrected chi connectivity index (χ0v) is 14.7. The van der Waals surface area contributed by atoms with E-state index in [-0.39, 0.29) is 5.91 Å². The predicted molar refractivity (Wildman–Crippen MR) is 90.8 cm³/mol. The molecule has 1 aromatic rings. The van der Waals surface area contributed by atoms with Crippen molar-refractivity contribution in [2.45, 2.75) is 18.2 Å². The number of hydrogen-bond acceptors (Lipinski definition) is 4. The smallest absolute Gasteiger partial charge is 0.240 e. The molecule has 6 heteroatoms. The summed E-state index contributed by atoms with van der Waals surface area (Å²) >= 11 is 3.34. The van der Waals surface area contributed by atoms with Gasteiger partial charge in [0.1, 0.15) is 12.4 Å². The number of benzene rings is 1. The van der Waals surface area contributed by atoms with Crippen molar-refractivity contribution in [2.24, 2.45) is 0 Å². The van der Waals surface area contributed by atoms with Gasteiger partial charge in [-0.15, -0.1) is 0 Å². The second-order valence-electron chi connectivity index (χ2n) is 5.75. The molecule has 0 atom stereocenters. The third-order valence-electron chi connectivity index (χ3n) is 3.43. The fraction of sp³-hybridized carbons (Fsp3) is 0.562. The Hall–Kier alpha value is -1.11. The Morgan fingerprint density at radius 1 is 1.32 bits per heavy atom. The highest BCUT2D eigenvalue weighted by Gasteiger charge is 2.23. The molecule has 1 aliphatic rings. The van der Waals surface area contributed by atoms with Crippen LogP contribution in [-0.4, -0.2) is 54.6 Å². The van der Waals surface area contributed by atoms with Crippen LogP contribution in [0.1, 0.15) is 13.8 Å². The van der Waals surface area contributed by atoms with Crippen molar-refractivity contribution >= 4 is 27.5 Å². The molecule has 122 valence electrons. The van der Waals surface area contributed by atoms with Crippen LogP contribution in [0.15, 0.2) is 24.3 Å². The highest BCUT2D eigenvalue weighted by Crippen LogP contribution is 2.20. The highest BCUT2D eigenvalue weighted by molar-refractivity contribution is 9.10. The Labute approximate surface area is 140 Å². The van der Waals surface area contributed by atoms with Crippen LogP contribution in [0.4, 0.5) is 5.69 Å². The van der Waals surface area contributed by atoms with E-state index in [0.29, 0.717) is 6.61 Å². The number of carbonyl (C=O) groups excluding carboxylic acids is 1. The Bertz CT molecular complexity index is 479. The van der Waals surface area contributed by atoms with Gasteiger partial charge in [0.25, 0.3) is 0 Å². The van der Waals surface area contributed by atoms with Gasteiger partial charge in [0.2, 0.25) is 5.91 Å². The van der Waals surface area contributed by atoms with Gasteiger partial charge >= 0.3 is 0 Å². The molecular formula is C16H23BrN2O3. The van der Waals surface area contributed by atoms with E-state index in [4.69, 9.17) is 9.47 Å². The molecule has 2 rings (SSSR count). The summed E-state index contributed by atoms with van der Waals surface area (Å²) in [5, 5.41) is 2.85. The number of alkyl halides is 1. The lowest BCUT2D eigenvalue weighted by molar-refractivity contribution is -0.117. The summed E-state index contributed by atoms with van der Waals surface area (Å²) in [6.45, 7) is 8.72. The second kappa shape index (κ2) is 7.94. The summed E-state index contributed by atoms with van der Waals surface area (Å²) < 4.78 is 10.5. The zero-order chi connectivity index (χ0) is 16.0. The van der Waals surface area contributed by atoms with Crippen LogP contribution in [0.2, 0.25) is 0 Å². The molecule has 1 fully saturated rings. The van der Waals surface area contributed by atoms with E-state index in [0.717, 1.165) is 44.3 Å². The number of morpholine rings is 1. The quantitative estimate of drug-likeness (QED) is 0.781. The first-order valence-electron chi connectivity index (χ1n) is 7.48. The Balaban J connectivity index is 1.75. The predicted octanol–water partition coefficient (Wildman–Crippen LogP) is 2.51. The summed E-state index contributed by atoms with van der Waals surface area (Å²) in [6.07, 6.45) is 0. The maximum absolute atomic E-state index is 11.9. The molecule has 0 spiro atoms. The number of amides is 1. The monoisotopic (exact) mass is 370 g/mol. The minimum atomic E-state index is -0.583. The number of ether oxygens (including phenoxy) is 2. The van der Waals surface area contributed by atoms with Crippen molar-refractivity contribution < 1.29 is 14.3 Å². The van der Waals surface area contributed by atoms with Crippen molar-refractivity contribution in [3.8, 4) is 5.75 Å². The fourth-order valence-corrected chi connectivity index (χ4v) is 2.13. The summed E-state index contributed by atoms with van der Waals surface area (Å²) in [5.41, 5.74) is 0.762. The minimum absolute atomic E-state index is 0.0755. The van der Waals surface area contributed by atoms with Crippen LogP contribution in [-0.2, 0) is 9.53 Å². The molecule has 1 aliphatic heterocycles. The average molecular weight is 371 g/mol. The number of carbonyl (C=O) groups is 1. The number of nitrogens with one attached hydrogen (secondary N) is 1. The van der Waals surface area contributed by atoms with Gasteiger partial charge in [0.05, 0.1) is 17.5 Å². The van der Waals surface area contributed by atoms with Crippen molar-refractivity contribution in [1.82, 2.24) is 4.90 Å². The Morgan fingerprint density at radius 2 is 1.95 bits per heavy atom. The molecule has 5 nitrogen and oxygen atoms in total. The first kappa shape index (κ1) is 17.2. The molecular weight excluding hydrogens is 348 g/mol. The van der Waals surface area contributed by atoms with Crippen LogP contribution < -0.4 is 10.1 Å². The molecule has 0 radical (unpaired) electrons. The second-order valence-corrected chi connectivity index (χ2v) is 7.74. The van der Waals surface area contributed by atoms with E-state index in [9.17, 15) is 4.79 Å². The largest absolute Gasteiger partial charge is 0.492 e. The van der Waals surface area contributed by atoms with E-state index in [2.05, 4.69) is 26.1 Å². The van der Waals surface area contributed by atoms with Crippen LogP contribution in [0.25, 0.3) is 0 Å². The normalized spacial score (nSPS) is 16.3. The molecule has 1 amide bonds. The van der Waals surface area contributed by atoms with Crippen molar-refractivity contribution in [3.63, 3.8) is 0 Å². The lowest BCUT2D eigenvalue weighted by Gasteiger charge is -2.26. The minimum Gasteiger partial charge on any atom is -0.492 e. The fourth-order valence-electron chi connectivity index (χ4n) is 2.03. The van der Waals surface area contributed by atoms with Crippen molar-refractivity contribution in [3.05, 3.63) is 24.3 Å². The van der Waals surface area contributed by atoms with Gasteiger partial charge in [0.15, 0.2) is 0 Å². The maximum atomic E-state index is 11.9. The van der Waals surface area contributed by atoms with E-state index >= 15 is 0 Å². The molecule has 1 heterocycles. The lowest BCUT2D eigenvalue weighted by Crippen LogP contribution is -2.38. The molecule has 0 aliphatic carbocycles. The Kier molecular flexibility index (Phi) is 6.23. The zero-order valence-electron chi connectivity index (χ0n) is 13.1. The average Bonchev–Trinajstić information content (AvgIpc) is 2.49. The molecule has 0 unspecified atom stereocenters. The number of rotatable bonds is 6. The Morgan fingerprint density at radius 3 is 2.55 bits per heavy atom. The third-order valence-corrected chi connectivity index (χ3v) is 3.79. The SMILES string of the molecule is CC(C)(Br)C(=O)Nc1ccc(OCCN2CCOCC2)cc1. The van der Waals surface area contributed by atoms with Gasteiger partial charge < -0.3 is 14.8 Å². The van der Waals surface area contributed by atoms with E-state index in [1.54, 1.807) is 0 Å². The number of halogens is 1. The topological polar surface area (TPSA) is 50.8 Å². The third kappa shape index (κ3) is 5.59. The van der Waals surface area contributed by atoms with Crippen LogP contribution in [0.5, 0.6) is 5.75 Å². The molecule has 22 heavy (non-hydrogen) atoms. The van der Waals surface area contributed by atoms with Gasteiger partial charge in [0, 0.05) is 25.3 Å². The van der Waals surface area contributed by atoms with E-state index < -0.39 is 4.32 Å².